The van der Waals surface area contributed by atoms with E-state index >= 15 is 0 Å². The van der Waals surface area contributed by atoms with Crippen molar-refractivity contribution in [2.45, 2.75) is 18.9 Å². The Morgan fingerprint density at radius 2 is 2.20 bits per heavy atom. The smallest absolute Gasteiger partial charge is 0.319 e. The Morgan fingerprint density at radius 1 is 1.25 bits per heavy atom. The maximum absolute atomic E-state index is 6.02. The number of benzene rings is 1. The van der Waals surface area contributed by atoms with Gasteiger partial charge in [0.25, 0.3) is 0 Å². The normalized spacial score (nSPS) is 20.9. The lowest BCUT2D eigenvalue weighted by atomic mass is 10.1. The number of nitrogens with zero attached hydrogens (tertiary/aromatic N) is 2. The van der Waals surface area contributed by atoms with E-state index in [1.54, 1.807) is 0 Å². The molecule has 1 aromatic carbocycles. The van der Waals surface area contributed by atoms with E-state index < -0.39 is 0 Å². The van der Waals surface area contributed by atoms with Crippen LogP contribution in [0, 0.1) is 0 Å². The second-order valence-electron chi connectivity index (χ2n) is 5.03. The second kappa shape index (κ2) is 4.49. The van der Waals surface area contributed by atoms with Gasteiger partial charge in [-0.3, -0.25) is 0 Å². The summed E-state index contributed by atoms with van der Waals surface area (Å²) in [6.07, 6.45) is 1.71. The van der Waals surface area contributed by atoms with Gasteiger partial charge in [-0.05, 0) is 12.1 Å². The third-order valence-corrected chi connectivity index (χ3v) is 3.71. The van der Waals surface area contributed by atoms with Crippen LogP contribution < -0.4 is 15.2 Å². The predicted molar refractivity (Wildman–Crippen MR) is 73.0 cm³/mol. The number of anilines is 1. The maximum atomic E-state index is 6.02. The minimum atomic E-state index is 0.0138. The van der Waals surface area contributed by atoms with Crippen LogP contribution in [0.1, 0.15) is 12.0 Å². The summed E-state index contributed by atoms with van der Waals surface area (Å²) < 4.78 is 16.6. The molecule has 1 unspecified atom stereocenters. The summed E-state index contributed by atoms with van der Waals surface area (Å²) in [6.45, 7) is 1.99. The molecule has 104 valence electrons. The predicted octanol–water partition coefficient (Wildman–Crippen LogP) is 1.31. The zero-order chi connectivity index (χ0) is 13.5. The van der Waals surface area contributed by atoms with Gasteiger partial charge in [-0.1, -0.05) is 0 Å². The van der Waals surface area contributed by atoms with Gasteiger partial charge in [0.1, 0.15) is 17.7 Å². The number of fused-ring (bicyclic) bond motifs is 3. The Bertz CT molecular complexity index is 668. The minimum Gasteiger partial charge on any atom is -0.493 e. The summed E-state index contributed by atoms with van der Waals surface area (Å²) in [6, 6.07) is 4.15. The number of ether oxygens (including phenoxy) is 3. The number of hydrogen-bond acceptors (Lipinski definition) is 6. The van der Waals surface area contributed by atoms with Gasteiger partial charge in [-0.25, -0.2) is 0 Å². The molecule has 1 saturated heterocycles. The Balaban J connectivity index is 1.79. The fourth-order valence-corrected chi connectivity index (χ4v) is 2.68. The SMILES string of the molecule is Nc1nc(OC2CCOC2)nc2c3c(ccc12)OCC3. The average Bonchev–Trinajstić information content (AvgIpc) is 3.08. The molecule has 1 fully saturated rings. The van der Waals surface area contributed by atoms with Gasteiger partial charge >= 0.3 is 6.01 Å². The molecule has 0 spiro atoms. The summed E-state index contributed by atoms with van der Waals surface area (Å²) in [5.41, 5.74) is 7.94. The second-order valence-corrected chi connectivity index (χ2v) is 5.03. The zero-order valence-electron chi connectivity index (χ0n) is 11.0. The summed E-state index contributed by atoms with van der Waals surface area (Å²) in [7, 11) is 0. The highest BCUT2D eigenvalue weighted by molar-refractivity contribution is 5.92. The largest absolute Gasteiger partial charge is 0.493 e. The van der Waals surface area contributed by atoms with Crippen LogP contribution in [0.3, 0.4) is 0 Å². The molecule has 2 aliphatic rings. The molecule has 2 N–H and O–H groups in total. The Kier molecular flexibility index (Phi) is 2.63. The fraction of sp³-hybridized carbons (Fsp3) is 0.429. The molecule has 0 aliphatic carbocycles. The van der Waals surface area contributed by atoms with Crippen LogP contribution in [-0.4, -0.2) is 35.9 Å². The monoisotopic (exact) mass is 273 g/mol. The van der Waals surface area contributed by atoms with Crippen LogP contribution in [-0.2, 0) is 11.2 Å². The van der Waals surface area contributed by atoms with E-state index in [2.05, 4.69) is 9.97 Å². The average molecular weight is 273 g/mol. The number of hydrogen-bond donors (Lipinski definition) is 1. The van der Waals surface area contributed by atoms with Crippen molar-refractivity contribution in [1.29, 1.82) is 0 Å². The summed E-state index contributed by atoms with van der Waals surface area (Å²) >= 11 is 0. The van der Waals surface area contributed by atoms with Crippen LogP contribution in [0.4, 0.5) is 5.82 Å². The topological polar surface area (TPSA) is 79.5 Å². The molecule has 20 heavy (non-hydrogen) atoms. The van der Waals surface area contributed by atoms with Crippen molar-refractivity contribution in [2.24, 2.45) is 0 Å². The first-order chi connectivity index (χ1) is 9.81. The van der Waals surface area contributed by atoms with E-state index in [9.17, 15) is 0 Å². The molecule has 0 saturated carbocycles. The third-order valence-electron chi connectivity index (χ3n) is 3.71. The van der Waals surface area contributed by atoms with E-state index in [0.29, 0.717) is 25.0 Å². The molecule has 2 aromatic rings. The highest BCUT2D eigenvalue weighted by atomic mass is 16.6. The van der Waals surface area contributed by atoms with Gasteiger partial charge in [0.2, 0.25) is 0 Å². The van der Waals surface area contributed by atoms with Crippen molar-refractivity contribution < 1.29 is 14.2 Å². The molecule has 1 atom stereocenters. The van der Waals surface area contributed by atoms with Crippen molar-refractivity contribution in [3.05, 3.63) is 17.7 Å². The molecule has 4 rings (SSSR count). The van der Waals surface area contributed by atoms with Crippen molar-refractivity contribution in [3.8, 4) is 11.8 Å². The number of rotatable bonds is 2. The van der Waals surface area contributed by atoms with Crippen molar-refractivity contribution in [3.63, 3.8) is 0 Å². The molecule has 0 bridgehead atoms. The van der Waals surface area contributed by atoms with Gasteiger partial charge < -0.3 is 19.9 Å². The Morgan fingerprint density at radius 3 is 3.05 bits per heavy atom. The maximum Gasteiger partial charge on any atom is 0.319 e. The number of aromatic nitrogens is 2. The lowest BCUT2D eigenvalue weighted by molar-refractivity contribution is 0.134. The highest BCUT2D eigenvalue weighted by Crippen LogP contribution is 2.34. The van der Waals surface area contributed by atoms with Crippen LogP contribution in [0.5, 0.6) is 11.8 Å². The van der Waals surface area contributed by atoms with E-state index in [1.165, 1.54) is 0 Å². The summed E-state index contributed by atoms with van der Waals surface area (Å²) in [5.74, 6) is 1.32. The number of nitrogen functional groups attached to an aromatic ring is 1. The van der Waals surface area contributed by atoms with E-state index in [4.69, 9.17) is 19.9 Å². The molecular weight excluding hydrogens is 258 g/mol. The molecule has 0 amide bonds. The molecular formula is C14H15N3O3. The molecule has 1 aromatic heterocycles. The molecule has 0 radical (unpaired) electrons. The Labute approximate surface area is 115 Å². The number of nitrogens with two attached hydrogens (primary N) is 1. The molecule has 6 nitrogen and oxygen atoms in total. The molecule has 2 aliphatic heterocycles. The van der Waals surface area contributed by atoms with E-state index in [1.807, 2.05) is 12.1 Å². The lowest BCUT2D eigenvalue weighted by Crippen LogP contribution is -2.17. The van der Waals surface area contributed by atoms with Gasteiger partial charge in [-0.15, -0.1) is 0 Å². The fourth-order valence-electron chi connectivity index (χ4n) is 2.68. The van der Waals surface area contributed by atoms with Crippen molar-refractivity contribution >= 4 is 16.7 Å². The highest BCUT2D eigenvalue weighted by Gasteiger charge is 2.22. The quantitative estimate of drug-likeness (QED) is 0.888. The zero-order valence-corrected chi connectivity index (χ0v) is 11.0. The third kappa shape index (κ3) is 1.84. The van der Waals surface area contributed by atoms with Crippen LogP contribution >= 0.6 is 0 Å². The van der Waals surface area contributed by atoms with Crippen LogP contribution in [0.15, 0.2) is 12.1 Å². The van der Waals surface area contributed by atoms with Crippen molar-refractivity contribution in [2.75, 3.05) is 25.6 Å². The first-order valence-electron chi connectivity index (χ1n) is 6.77. The van der Waals surface area contributed by atoms with Gasteiger partial charge in [0, 0.05) is 23.8 Å². The van der Waals surface area contributed by atoms with E-state index in [-0.39, 0.29) is 6.10 Å². The standard InChI is InChI=1S/C14H15N3O3/c15-13-10-1-2-11-9(4-6-19-11)12(10)16-14(17-13)20-8-3-5-18-7-8/h1-2,8H,3-7H2,(H2,15,16,17). The van der Waals surface area contributed by atoms with E-state index in [0.717, 1.165) is 41.7 Å². The summed E-state index contributed by atoms with van der Waals surface area (Å²) in [5, 5.41) is 0.851. The first kappa shape index (κ1) is 11.7. The lowest BCUT2D eigenvalue weighted by Gasteiger charge is -2.12. The summed E-state index contributed by atoms with van der Waals surface area (Å²) in [4.78, 5) is 8.76. The molecule has 6 heteroatoms. The van der Waals surface area contributed by atoms with Gasteiger partial charge in [0.05, 0.1) is 25.3 Å². The molecule has 3 heterocycles. The van der Waals surface area contributed by atoms with Crippen molar-refractivity contribution in [1.82, 2.24) is 9.97 Å². The van der Waals surface area contributed by atoms with Crippen LogP contribution in [0.2, 0.25) is 0 Å². The van der Waals surface area contributed by atoms with Crippen LogP contribution in [0.25, 0.3) is 10.9 Å². The first-order valence-corrected chi connectivity index (χ1v) is 6.77. The van der Waals surface area contributed by atoms with Gasteiger partial charge in [-0.2, -0.15) is 9.97 Å². The van der Waals surface area contributed by atoms with Gasteiger partial charge in [0.15, 0.2) is 0 Å². The Hall–Kier alpha value is -2.08. The minimum absolute atomic E-state index is 0.0138.